The van der Waals surface area contributed by atoms with Gasteiger partial charge in [0.25, 0.3) is 5.56 Å². The zero-order chi connectivity index (χ0) is 14.8. The monoisotopic (exact) mass is 293 g/mol. The molecule has 1 amide bonds. The lowest BCUT2D eigenvalue weighted by Crippen LogP contribution is -2.43. The Morgan fingerprint density at radius 2 is 2.25 bits per heavy atom. The van der Waals surface area contributed by atoms with Gasteiger partial charge in [0.2, 0.25) is 5.91 Å². The van der Waals surface area contributed by atoms with Crippen LogP contribution in [0.5, 0.6) is 0 Å². The van der Waals surface area contributed by atoms with E-state index < -0.39 is 0 Å². The van der Waals surface area contributed by atoms with Crippen LogP contribution in [0.2, 0.25) is 0 Å². The molecule has 0 aliphatic carbocycles. The number of carbonyl (C=O) groups is 1. The number of nitrogens with zero attached hydrogens (tertiary/aromatic N) is 2. The first-order chi connectivity index (χ1) is 9.43. The minimum absolute atomic E-state index is 0.0471. The van der Waals surface area contributed by atoms with E-state index in [2.05, 4.69) is 10.3 Å². The fraction of sp³-hybridized carbons (Fsp3) is 0.500. The van der Waals surface area contributed by atoms with Gasteiger partial charge in [0.15, 0.2) is 0 Å². The van der Waals surface area contributed by atoms with Crippen molar-refractivity contribution < 1.29 is 4.79 Å². The van der Waals surface area contributed by atoms with Gasteiger partial charge in [0.05, 0.1) is 11.7 Å². The molecule has 0 aliphatic heterocycles. The van der Waals surface area contributed by atoms with Crippen molar-refractivity contribution in [2.45, 2.75) is 45.7 Å². The van der Waals surface area contributed by atoms with E-state index in [-0.39, 0.29) is 23.4 Å². The average Bonchev–Trinajstić information content (AvgIpc) is 2.86. The Labute approximate surface area is 121 Å². The molecule has 2 rings (SSSR count). The van der Waals surface area contributed by atoms with Gasteiger partial charge in [-0.25, -0.2) is 4.98 Å². The molecule has 0 atom stereocenters. The SMILES string of the molecule is CCC(C)(C)NC(=O)CCn1cnc2sccc2c1=O. The molecule has 0 saturated heterocycles. The van der Waals surface area contributed by atoms with Crippen molar-refractivity contribution in [2.75, 3.05) is 0 Å². The number of rotatable bonds is 5. The highest BCUT2D eigenvalue weighted by Crippen LogP contribution is 2.13. The minimum atomic E-state index is -0.211. The number of aromatic nitrogens is 2. The van der Waals surface area contributed by atoms with Crippen molar-refractivity contribution in [2.24, 2.45) is 0 Å². The molecule has 0 aromatic carbocycles. The van der Waals surface area contributed by atoms with Gasteiger partial charge in [-0.3, -0.25) is 14.2 Å². The highest BCUT2D eigenvalue weighted by molar-refractivity contribution is 7.16. The third kappa shape index (κ3) is 3.25. The van der Waals surface area contributed by atoms with Crippen LogP contribution < -0.4 is 10.9 Å². The first-order valence-electron chi connectivity index (χ1n) is 6.66. The summed E-state index contributed by atoms with van der Waals surface area (Å²) in [6, 6.07) is 1.77. The predicted molar refractivity (Wildman–Crippen MR) is 81.0 cm³/mol. The highest BCUT2D eigenvalue weighted by atomic mass is 32.1. The van der Waals surface area contributed by atoms with Crippen LogP contribution in [0.15, 0.2) is 22.6 Å². The Morgan fingerprint density at radius 3 is 2.95 bits per heavy atom. The zero-order valence-corrected chi connectivity index (χ0v) is 12.8. The van der Waals surface area contributed by atoms with E-state index >= 15 is 0 Å². The third-order valence-electron chi connectivity index (χ3n) is 3.39. The number of hydrogen-bond acceptors (Lipinski definition) is 4. The lowest BCUT2D eigenvalue weighted by molar-refractivity contribution is -0.122. The molecule has 0 fully saturated rings. The van der Waals surface area contributed by atoms with Crippen LogP contribution in [0.1, 0.15) is 33.6 Å². The minimum Gasteiger partial charge on any atom is -0.351 e. The molecule has 0 saturated carbocycles. The van der Waals surface area contributed by atoms with Gasteiger partial charge in [-0.1, -0.05) is 6.92 Å². The number of hydrogen-bond donors (Lipinski definition) is 1. The second kappa shape index (κ2) is 5.75. The summed E-state index contributed by atoms with van der Waals surface area (Å²) in [6.45, 7) is 6.34. The molecule has 5 nitrogen and oxygen atoms in total. The van der Waals surface area contributed by atoms with E-state index in [1.807, 2.05) is 26.2 Å². The fourth-order valence-electron chi connectivity index (χ4n) is 1.80. The molecule has 108 valence electrons. The molecular weight excluding hydrogens is 274 g/mol. The van der Waals surface area contributed by atoms with Crippen LogP contribution in [0.4, 0.5) is 0 Å². The van der Waals surface area contributed by atoms with Crippen molar-refractivity contribution in [1.82, 2.24) is 14.9 Å². The van der Waals surface area contributed by atoms with Crippen molar-refractivity contribution >= 4 is 27.5 Å². The van der Waals surface area contributed by atoms with E-state index in [1.54, 1.807) is 6.07 Å². The lowest BCUT2D eigenvalue weighted by atomic mass is 10.0. The molecule has 0 bridgehead atoms. The molecule has 6 heteroatoms. The zero-order valence-electron chi connectivity index (χ0n) is 12.0. The number of aryl methyl sites for hydroxylation is 1. The maximum Gasteiger partial charge on any atom is 0.262 e. The van der Waals surface area contributed by atoms with Crippen LogP contribution in [-0.2, 0) is 11.3 Å². The van der Waals surface area contributed by atoms with Gasteiger partial charge in [-0.15, -0.1) is 11.3 Å². The largest absolute Gasteiger partial charge is 0.351 e. The molecule has 0 unspecified atom stereocenters. The summed E-state index contributed by atoms with van der Waals surface area (Å²) in [4.78, 5) is 29.0. The normalized spacial score (nSPS) is 11.8. The van der Waals surface area contributed by atoms with E-state index in [4.69, 9.17) is 0 Å². The molecular formula is C14H19N3O2S. The Hall–Kier alpha value is -1.69. The van der Waals surface area contributed by atoms with Gasteiger partial charge in [-0.05, 0) is 31.7 Å². The smallest absolute Gasteiger partial charge is 0.262 e. The van der Waals surface area contributed by atoms with E-state index in [0.29, 0.717) is 11.9 Å². The Balaban J connectivity index is 2.04. The van der Waals surface area contributed by atoms with Crippen LogP contribution in [-0.4, -0.2) is 21.0 Å². The van der Waals surface area contributed by atoms with Gasteiger partial charge >= 0.3 is 0 Å². The number of nitrogens with one attached hydrogen (secondary N) is 1. The standard InChI is InChI=1S/C14H19N3O2S/c1-4-14(2,3)16-11(18)5-7-17-9-15-12-10(13(17)19)6-8-20-12/h6,8-9H,4-5,7H2,1-3H3,(H,16,18). The predicted octanol–water partition coefficient (Wildman–Crippen LogP) is 2.15. The van der Waals surface area contributed by atoms with Crippen molar-refractivity contribution in [1.29, 1.82) is 0 Å². The van der Waals surface area contributed by atoms with Gasteiger partial charge in [0.1, 0.15) is 4.83 Å². The van der Waals surface area contributed by atoms with E-state index in [9.17, 15) is 9.59 Å². The Bertz CT molecular complexity index is 672. The van der Waals surface area contributed by atoms with Crippen LogP contribution >= 0.6 is 11.3 Å². The van der Waals surface area contributed by atoms with E-state index in [1.165, 1.54) is 22.2 Å². The molecule has 2 aromatic heterocycles. The topological polar surface area (TPSA) is 64.0 Å². The average molecular weight is 293 g/mol. The first-order valence-corrected chi connectivity index (χ1v) is 7.54. The summed E-state index contributed by atoms with van der Waals surface area (Å²) in [5.74, 6) is -0.0471. The number of fused-ring (bicyclic) bond motifs is 1. The van der Waals surface area contributed by atoms with E-state index in [0.717, 1.165) is 11.3 Å². The summed E-state index contributed by atoms with van der Waals surface area (Å²) in [5, 5.41) is 5.42. The highest BCUT2D eigenvalue weighted by Gasteiger charge is 2.17. The fourth-order valence-corrected chi connectivity index (χ4v) is 2.53. The number of thiophene rings is 1. The first kappa shape index (κ1) is 14.7. The number of carbonyl (C=O) groups excluding carboxylic acids is 1. The molecule has 2 heterocycles. The summed E-state index contributed by atoms with van der Waals surface area (Å²) in [5.41, 5.74) is -0.295. The third-order valence-corrected chi connectivity index (χ3v) is 4.21. The van der Waals surface area contributed by atoms with Gasteiger partial charge < -0.3 is 5.32 Å². The molecule has 20 heavy (non-hydrogen) atoms. The molecule has 2 aromatic rings. The van der Waals surface area contributed by atoms with Crippen molar-refractivity contribution in [3.05, 3.63) is 28.1 Å². The molecule has 1 N–H and O–H groups in total. The molecule has 0 radical (unpaired) electrons. The maximum absolute atomic E-state index is 12.1. The van der Waals surface area contributed by atoms with Gasteiger partial charge in [0, 0.05) is 18.5 Å². The van der Waals surface area contributed by atoms with Gasteiger partial charge in [-0.2, -0.15) is 0 Å². The summed E-state index contributed by atoms with van der Waals surface area (Å²) in [7, 11) is 0. The second-order valence-electron chi connectivity index (χ2n) is 5.42. The van der Waals surface area contributed by atoms with Crippen LogP contribution in [0.3, 0.4) is 0 Å². The second-order valence-corrected chi connectivity index (χ2v) is 6.31. The summed E-state index contributed by atoms with van der Waals surface area (Å²) < 4.78 is 1.49. The van der Waals surface area contributed by atoms with Crippen LogP contribution in [0.25, 0.3) is 10.2 Å². The number of amides is 1. The van der Waals surface area contributed by atoms with Crippen molar-refractivity contribution in [3.63, 3.8) is 0 Å². The maximum atomic E-state index is 12.1. The Kier molecular flexibility index (Phi) is 4.23. The molecule has 0 spiro atoms. The quantitative estimate of drug-likeness (QED) is 0.918. The summed E-state index contributed by atoms with van der Waals surface area (Å²) in [6.07, 6.45) is 2.65. The van der Waals surface area contributed by atoms with Crippen molar-refractivity contribution in [3.8, 4) is 0 Å². The Morgan fingerprint density at radius 1 is 1.50 bits per heavy atom. The molecule has 0 aliphatic rings. The summed E-state index contributed by atoms with van der Waals surface area (Å²) >= 11 is 1.44. The van der Waals surface area contributed by atoms with Crippen LogP contribution in [0, 0.1) is 0 Å². The lowest BCUT2D eigenvalue weighted by Gasteiger charge is -2.24.